The minimum Gasteiger partial charge on any atom is -0.478 e. The van der Waals surface area contributed by atoms with Crippen LogP contribution >= 0.6 is 0 Å². The highest BCUT2D eigenvalue weighted by Gasteiger charge is 2.42. The number of imide groups is 2. The molecule has 0 bridgehead atoms. The molecule has 0 saturated carbocycles. The molecule has 1 atom stereocenters. The van der Waals surface area contributed by atoms with E-state index in [-0.39, 0.29) is 12.1 Å². The maximum atomic E-state index is 12.7. The Morgan fingerprint density at radius 3 is 2.46 bits per heavy atom. The number of urea groups is 1. The molecule has 0 radical (unpaired) electrons. The zero-order valence-corrected chi connectivity index (χ0v) is 14.6. The predicted octanol–water partition coefficient (Wildman–Crippen LogP) is 2.20. The van der Waals surface area contributed by atoms with Crippen molar-refractivity contribution in [3.63, 3.8) is 0 Å². The quantitative estimate of drug-likeness (QED) is 0.643. The van der Waals surface area contributed by atoms with Crippen LogP contribution in [0.1, 0.15) is 37.0 Å². The van der Waals surface area contributed by atoms with Crippen LogP contribution in [-0.2, 0) is 9.59 Å². The van der Waals surface area contributed by atoms with Gasteiger partial charge in [-0.2, -0.15) is 0 Å². The lowest BCUT2D eigenvalue weighted by molar-refractivity contribution is -0.140. The Kier molecular flexibility index (Phi) is 6.11. The Bertz CT molecular complexity index is 755. The monoisotopic (exact) mass is 359 g/mol. The van der Waals surface area contributed by atoms with Crippen molar-refractivity contribution in [1.29, 1.82) is 0 Å². The van der Waals surface area contributed by atoms with Crippen LogP contribution in [0.2, 0.25) is 0 Å². The number of carbonyl (C=O) groups excluding carboxylic acids is 3. The van der Waals surface area contributed by atoms with Gasteiger partial charge >= 0.3 is 12.0 Å². The number of anilines is 1. The summed E-state index contributed by atoms with van der Waals surface area (Å²) in [5, 5.41) is 14.1. The van der Waals surface area contributed by atoms with Crippen LogP contribution in [0.4, 0.5) is 10.5 Å². The fourth-order valence-electron chi connectivity index (χ4n) is 2.59. The van der Waals surface area contributed by atoms with Crippen molar-refractivity contribution in [3.8, 4) is 0 Å². The molecule has 8 nitrogen and oxygen atoms in total. The second-order valence-corrected chi connectivity index (χ2v) is 5.82. The lowest BCUT2D eigenvalue weighted by atomic mass is 9.99. The Balaban J connectivity index is 2.21. The number of unbranched alkanes of at least 4 members (excludes halogenated alkanes) is 1. The molecule has 8 heteroatoms. The molecule has 26 heavy (non-hydrogen) atoms. The summed E-state index contributed by atoms with van der Waals surface area (Å²) in [6.45, 7) is 3.85. The van der Waals surface area contributed by atoms with Gasteiger partial charge in [-0.3, -0.25) is 19.8 Å². The molecular formula is C18H21N3O5. The summed E-state index contributed by atoms with van der Waals surface area (Å²) in [5.74, 6) is -3.46. The van der Waals surface area contributed by atoms with E-state index < -0.39 is 29.7 Å². The van der Waals surface area contributed by atoms with Crippen molar-refractivity contribution in [2.24, 2.45) is 5.92 Å². The van der Waals surface area contributed by atoms with Crippen LogP contribution in [0, 0.1) is 5.92 Å². The van der Waals surface area contributed by atoms with Crippen molar-refractivity contribution in [2.75, 3.05) is 11.9 Å². The van der Waals surface area contributed by atoms with E-state index in [0.29, 0.717) is 17.8 Å². The SMILES string of the molecule is C/C=C(\Nc1ccc(C(=O)O)cc1)[C@@H]1C(=O)NC(=O)N(CCCC)C1=O. The summed E-state index contributed by atoms with van der Waals surface area (Å²) in [4.78, 5) is 48.8. The lowest BCUT2D eigenvalue weighted by Crippen LogP contribution is -2.58. The number of benzene rings is 1. The molecule has 1 aromatic rings. The third kappa shape index (κ3) is 4.08. The van der Waals surface area contributed by atoms with E-state index in [2.05, 4.69) is 10.6 Å². The van der Waals surface area contributed by atoms with E-state index in [9.17, 15) is 19.2 Å². The molecular weight excluding hydrogens is 338 g/mol. The standard InChI is InChI=1S/C18H21N3O5/c1-3-5-10-21-16(23)14(15(22)20-18(21)26)13(4-2)19-12-8-6-11(7-9-12)17(24)25/h4,6-9,14,19H,3,5,10H2,1-2H3,(H,24,25)(H,20,22,26)/b13-4-/t14-/m1/s1. The van der Waals surface area contributed by atoms with Gasteiger partial charge in [-0.25, -0.2) is 9.59 Å². The van der Waals surface area contributed by atoms with Crippen molar-refractivity contribution in [3.05, 3.63) is 41.6 Å². The van der Waals surface area contributed by atoms with Crippen LogP contribution in [0.15, 0.2) is 36.0 Å². The molecule has 4 amide bonds. The summed E-state index contributed by atoms with van der Waals surface area (Å²) in [5.41, 5.74) is 0.977. The maximum absolute atomic E-state index is 12.7. The number of carbonyl (C=O) groups is 4. The van der Waals surface area contributed by atoms with E-state index in [4.69, 9.17) is 5.11 Å². The van der Waals surface area contributed by atoms with E-state index >= 15 is 0 Å². The van der Waals surface area contributed by atoms with Crippen molar-refractivity contribution >= 4 is 29.5 Å². The molecule has 0 aliphatic carbocycles. The number of allylic oxidation sites excluding steroid dienone is 1. The van der Waals surface area contributed by atoms with Gasteiger partial charge in [-0.1, -0.05) is 19.4 Å². The highest BCUT2D eigenvalue weighted by atomic mass is 16.4. The fraction of sp³-hybridized carbons (Fsp3) is 0.333. The van der Waals surface area contributed by atoms with E-state index in [0.717, 1.165) is 11.3 Å². The summed E-state index contributed by atoms with van der Waals surface area (Å²) >= 11 is 0. The molecule has 1 heterocycles. The number of aromatic carboxylic acids is 1. The zero-order chi connectivity index (χ0) is 19.3. The number of rotatable bonds is 7. The van der Waals surface area contributed by atoms with Crippen molar-refractivity contribution < 1.29 is 24.3 Å². The number of amides is 4. The first-order chi connectivity index (χ1) is 12.4. The molecule has 1 aliphatic heterocycles. The predicted molar refractivity (Wildman–Crippen MR) is 94.4 cm³/mol. The van der Waals surface area contributed by atoms with Crippen molar-refractivity contribution in [1.82, 2.24) is 10.2 Å². The number of nitrogens with zero attached hydrogens (tertiary/aromatic N) is 1. The Morgan fingerprint density at radius 1 is 1.27 bits per heavy atom. The average Bonchev–Trinajstić information content (AvgIpc) is 2.60. The average molecular weight is 359 g/mol. The van der Waals surface area contributed by atoms with Gasteiger partial charge in [0.1, 0.15) is 0 Å². The first kappa shape index (κ1) is 19.2. The van der Waals surface area contributed by atoms with Gasteiger partial charge in [0, 0.05) is 17.9 Å². The number of carboxylic acid groups (broad SMARTS) is 1. The molecule has 138 valence electrons. The summed E-state index contributed by atoms with van der Waals surface area (Å²) in [7, 11) is 0. The Labute approximate surface area is 150 Å². The van der Waals surface area contributed by atoms with Gasteiger partial charge in [0.15, 0.2) is 5.92 Å². The second-order valence-electron chi connectivity index (χ2n) is 5.82. The third-order valence-corrected chi connectivity index (χ3v) is 4.03. The van der Waals surface area contributed by atoms with Crippen LogP contribution in [0.5, 0.6) is 0 Å². The molecule has 1 saturated heterocycles. The van der Waals surface area contributed by atoms with Gasteiger partial charge in [0.05, 0.1) is 5.56 Å². The normalized spacial score (nSPS) is 17.9. The smallest absolute Gasteiger partial charge is 0.335 e. The maximum Gasteiger partial charge on any atom is 0.335 e. The summed E-state index contributed by atoms with van der Waals surface area (Å²) < 4.78 is 0. The Hall–Kier alpha value is -3.16. The third-order valence-electron chi connectivity index (χ3n) is 4.03. The zero-order valence-electron chi connectivity index (χ0n) is 14.6. The van der Waals surface area contributed by atoms with E-state index in [1.165, 1.54) is 24.3 Å². The summed E-state index contributed by atoms with van der Waals surface area (Å²) in [6.07, 6.45) is 3.04. The molecule has 0 aromatic heterocycles. The van der Waals surface area contributed by atoms with Gasteiger partial charge < -0.3 is 10.4 Å². The lowest BCUT2D eigenvalue weighted by Gasteiger charge is -2.31. The van der Waals surface area contributed by atoms with Gasteiger partial charge in [-0.05, 0) is 37.6 Å². The largest absolute Gasteiger partial charge is 0.478 e. The van der Waals surface area contributed by atoms with Crippen LogP contribution in [0.25, 0.3) is 0 Å². The molecule has 1 aromatic carbocycles. The number of carboxylic acids is 1. The number of hydrogen-bond acceptors (Lipinski definition) is 5. The highest BCUT2D eigenvalue weighted by Crippen LogP contribution is 2.22. The molecule has 3 N–H and O–H groups in total. The van der Waals surface area contributed by atoms with E-state index in [1.807, 2.05) is 6.92 Å². The van der Waals surface area contributed by atoms with Crippen LogP contribution in [0.3, 0.4) is 0 Å². The number of barbiturate groups is 1. The number of hydrogen-bond donors (Lipinski definition) is 3. The topological polar surface area (TPSA) is 116 Å². The van der Waals surface area contributed by atoms with Crippen molar-refractivity contribution in [2.45, 2.75) is 26.7 Å². The van der Waals surface area contributed by atoms with E-state index in [1.54, 1.807) is 13.0 Å². The number of nitrogens with one attached hydrogen (secondary N) is 2. The Morgan fingerprint density at radius 2 is 1.92 bits per heavy atom. The van der Waals surface area contributed by atoms with Crippen LogP contribution in [-0.4, -0.2) is 40.4 Å². The molecule has 1 fully saturated rings. The summed E-state index contributed by atoms with van der Waals surface area (Å²) in [6, 6.07) is 5.21. The molecule has 0 unspecified atom stereocenters. The molecule has 0 spiro atoms. The van der Waals surface area contributed by atoms with Gasteiger partial charge in [0.2, 0.25) is 11.8 Å². The van der Waals surface area contributed by atoms with Crippen LogP contribution < -0.4 is 10.6 Å². The highest BCUT2D eigenvalue weighted by molar-refractivity contribution is 6.18. The first-order valence-corrected chi connectivity index (χ1v) is 8.31. The van der Waals surface area contributed by atoms with Gasteiger partial charge in [-0.15, -0.1) is 0 Å². The molecule has 1 aliphatic rings. The first-order valence-electron chi connectivity index (χ1n) is 8.31. The fourth-order valence-corrected chi connectivity index (χ4v) is 2.59. The molecule has 2 rings (SSSR count). The second kappa shape index (κ2) is 8.28. The minimum absolute atomic E-state index is 0.125. The minimum atomic E-state index is -1.16. The van der Waals surface area contributed by atoms with Gasteiger partial charge in [0.25, 0.3) is 0 Å².